The quantitative estimate of drug-likeness (QED) is 0.724. The monoisotopic (exact) mass is 355 g/mol. The third kappa shape index (κ3) is 2.82. The minimum absolute atomic E-state index is 0.188. The van der Waals surface area contributed by atoms with Gasteiger partial charge in [0.15, 0.2) is 15.6 Å². The van der Waals surface area contributed by atoms with Gasteiger partial charge < -0.3 is 9.32 Å². The minimum atomic E-state index is -3.44. The SMILES string of the molecule is O=C(c1cc2ccccc2o1)N1CCC(S(=O)(=O)c2ccccc2)C1. The van der Waals surface area contributed by atoms with Gasteiger partial charge in [-0.3, -0.25) is 4.79 Å². The van der Waals surface area contributed by atoms with E-state index in [0.29, 0.717) is 23.4 Å². The Kier molecular flexibility index (Phi) is 3.84. The summed E-state index contributed by atoms with van der Waals surface area (Å²) in [5, 5.41) is 0.279. The van der Waals surface area contributed by atoms with Crippen molar-refractivity contribution in [3.63, 3.8) is 0 Å². The number of carbonyl (C=O) groups excluding carboxylic acids is 1. The molecule has 3 aromatic rings. The molecule has 0 N–H and O–H groups in total. The molecule has 128 valence electrons. The highest BCUT2D eigenvalue weighted by Crippen LogP contribution is 2.26. The number of benzene rings is 2. The van der Waals surface area contributed by atoms with Crippen LogP contribution in [0.2, 0.25) is 0 Å². The summed E-state index contributed by atoms with van der Waals surface area (Å²) in [5.74, 6) is -0.0130. The zero-order chi connectivity index (χ0) is 17.4. The van der Waals surface area contributed by atoms with Crippen LogP contribution in [0.25, 0.3) is 11.0 Å². The maximum absolute atomic E-state index is 12.7. The summed E-state index contributed by atoms with van der Waals surface area (Å²) in [7, 11) is -3.44. The molecule has 0 spiro atoms. The number of para-hydroxylation sites is 1. The molecule has 1 amide bonds. The minimum Gasteiger partial charge on any atom is -0.451 e. The van der Waals surface area contributed by atoms with Crippen molar-refractivity contribution in [1.29, 1.82) is 0 Å². The van der Waals surface area contributed by atoms with Crippen LogP contribution in [0.15, 0.2) is 70.0 Å². The molecule has 0 aliphatic carbocycles. The standard InChI is InChI=1S/C19H17NO4S/c21-19(18-12-14-6-4-5-9-17(14)24-18)20-11-10-16(13-20)25(22,23)15-7-2-1-3-8-15/h1-9,12,16H,10-11,13H2. The summed E-state index contributed by atoms with van der Waals surface area (Å²) < 4.78 is 31.0. The second-order valence-electron chi connectivity index (χ2n) is 6.17. The second kappa shape index (κ2) is 6.04. The molecule has 0 bridgehead atoms. The van der Waals surface area contributed by atoms with Crippen LogP contribution in [0.3, 0.4) is 0 Å². The lowest BCUT2D eigenvalue weighted by Crippen LogP contribution is -2.31. The summed E-state index contributed by atoms with van der Waals surface area (Å²) in [6.45, 7) is 0.597. The number of fused-ring (bicyclic) bond motifs is 1. The van der Waals surface area contributed by atoms with Crippen LogP contribution in [0.1, 0.15) is 17.0 Å². The van der Waals surface area contributed by atoms with Crippen molar-refractivity contribution in [3.8, 4) is 0 Å². The van der Waals surface area contributed by atoms with Crippen LogP contribution >= 0.6 is 0 Å². The van der Waals surface area contributed by atoms with E-state index in [1.807, 2.05) is 18.2 Å². The topological polar surface area (TPSA) is 67.6 Å². The molecule has 1 atom stereocenters. The highest BCUT2D eigenvalue weighted by atomic mass is 32.2. The number of carbonyl (C=O) groups is 1. The van der Waals surface area contributed by atoms with E-state index in [-0.39, 0.29) is 18.2 Å². The van der Waals surface area contributed by atoms with Gasteiger partial charge in [0, 0.05) is 18.5 Å². The van der Waals surface area contributed by atoms with E-state index >= 15 is 0 Å². The first-order chi connectivity index (χ1) is 12.1. The molecule has 1 saturated heterocycles. The van der Waals surface area contributed by atoms with Crippen LogP contribution in [0, 0.1) is 0 Å². The predicted molar refractivity (Wildman–Crippen MR) is 94.2 cm³/mol. The molecular formula is C19H17NO4S. The largest absolute Gasteiger partial charge is 0.451 e. The smallest absolute Gasteiger partial charge is 0.289 e. The van der Waals surface area contributed by atoms with Gasteiger partial charge in [-0.25, -0.2) is 8.42 Å². The summed E-state index contributed by atoms with van der Waals surface area (Å²) in [5.41, 5.74) is 0.651. The van der Waals surface area contributed by atoms with Gasteiger partial charge in [-0.15, -0.1) is 0 Å². The third-order valence-electron chi connectivity index (χ3n) is 4.58. The van der Waals surface area contributed by atoms with Crippen LogP contribution in [0.4, 0.5) is 0 Å². The summed E-state index contributed by atoms with van der Waals surface area (Å²) in [6, 6.07) is 17.5. The van der Waals surface area contributed by atoms with Gasteiger partial charge in [0.1, 0.15) is 5.58 Å². The van der Waals surface area contributed by atoms with Crippen molar-refractivity contribution in [2.24, 2.45) is 0 Å². The molecule has 1 fully saturated rings. The number of hydrogen-bond acceptors (Lipinski definition) is 4. The number of nitrogens with zero attached hydrogens (tertiary/aromatic N) is 1. The van der Waals surface area contributed by atoms with Crippen LogP contribution in [0.5, 0.6) is 0 Å². The Hall–Kier alpha value is -2.60. The first-order valence-corrected chi connectivity index (χ1v) is 9.67. The molecule has 1 aliphatic heterocycles. The molecule has 4 rings (SSSR count). The Labute approximate surface area is 145 Å². The summed E-state index contributed by atoms with van der Waals surface area (Å²) in [6.07, 6.45) is 0.434. The summed E-state index contributed by atoms with van der Waals surface area (Å²) >= 11 is 0. The fourth-order valence-electron chi connectivity index (χ4n) is 3.21. The Balaban J connectivity index is 1.55. The molecule has 2 heterocycles. The Morgan fingerprint density at radius 3 is 2.52 bits per heavy atom. The van der Waals surface area contributed by atoms with E-state index in [1.165, 1.54) is 0 Å². The molecule has 25 heavy (non-hydrogen) atoms. The first-order valence-electron chi connectivity index (χ1n) is 8.12. The zero-order valence-corrected chi connectivity index (χ0v) is 14.3. The molecule has 6 heteroatoms. The Bertz CT molecular complexity index is 991. The fraction of sp³-hybridized carbons (Fsp3) is 0.211. The van der Waals surface area contributed by atoms with E-state index in [0.717, 1.165) is 5.39 Å². The average Bonchev–Trinajstić information content (AvgIpc) is 3.29. The molecule has 1 aromatic heterocycles. The zero-order valence-electron chi connectivity index (χ0n) is 13.5. The maximum atomic E-state index is 12.7. The Morgan fingerprint density at radius 2 is 1.76 bits per heavy atom. The van der Waals surface area contributed by atoms with E-state index in [9.17, 15) is 13.2 Å². The van der Waals surface area contributed by atoms with Gasteiger partial charge >= 0.3 is 0 Å². The third-order valence-corrected chi connectivity index (χ3v) is 6.77. The lowest BCUT2D eigenvalue weighted by atomic mass is 10.2. The van der Waals surface area contributed by atoms with Gasteiger partial charge in [-0.2, -0.15) is 0 Å². The number of likely N-dealkylation sites (tertiary alicyclic amines) is 1. The van der Waals surface area contributed by atoms with Crippen molar-refractivity contribution in [2.45, 2.75) is 16.6 Å². The normalized spacial score (nSPS) is 17.9. The number of furan rings is 1. The number of hydrogen-bond donors (Lipinski definition) is 0. The van der Waals surface area contributed by atoms with Crippen LogP contribution in [-0.4, -0.2) is 37.6 Å². The number of rotatable bonds is 3. The van der Waals surface area contributed by atoms with E-state index in [1.54, 1.807) is 47.4 Å². The van der Waals surface area contributed by atoms with Crippen molar-refractivity contribution < 1.29 is 17.6 Å². The molecular weight excluding hydrogens is 338 g/mol. The van der Waals surface area contributed by atoms with Gasteiger partial charge in [0.2, 0.25) is 0 Å². The first kappa shape index (κ1) is 15.9. The molecule has 1 unspecified atom stereocenters. The lowest BCUT2D eigenvalue weighted by Gasteiger charge is -2.15. The highest BCUT2D eigenvalue weighted by Gasteiger charge is 2.37. The second-order valence-corrected chi connectivity index (χ2v) is 8.40. The van der Waals surface area contributed by atoms with Crippen LogP contribution < -0.4 is 0 Å². The van der Waals surface area contributed by atoms with Crippen molar-refractivity contribution >= 4 is 26.7 Å². The van der Waals surface area contributed by atoms with E-state index < -0.39 is 15.1 Å². The molecule has 5 nitrogen and oxygen atoms in total. The summed E-state index contributed by atoms with van der Waals surface area (Å²) in [4.78, 5) is 14.5. The highest BCUT2D eigenvalue weighted by molar-refractivity contribution is 7.92. The lowest BCUT2D eigenvalue weighted by molar-refractivity contribution is 0.0764. The van der Waals surface area contributed by atoms with Gasteiger partial charge in [-0.05, 0) is 30.7 Å². The van der Waals surface area contributed by atoms with Gasteiger partial charge in [0.25, 0.3) is 5.91 Å². The fourth-order valence-corrected chi connectivity index (χ4v) is 4.92. The van der Waals surface area contributed by atoms with Crippen molar-refractivity contribution in [2.75, 3.05) is 13.1 Å². The maximum Gasteiger partial charge on any atom is 0.289 e. The van der Waals surface area contributed by atoms with Crippen LogP contribution in [-0.2, 0) is 9.84 Å². The molecule has 2 aromatic carbocycles. The Morgan fingerprint density at radius 1 is 1.04 bits per heavy atom. The molecule has 1 aliphatic rings. The van der Waals surface area contributed by atoms with E-state index in [2.05, 4.69) is 0 Å². The average molecular weight is 355 g/mol. The van der Waals surface area contributed by atoms with Crippen molar-refractivity contribution in [1.82, 2.24) is 4.90 Å². The van der Waals surface area contributed by atoms with Gasteiger partial charge in [0.05, 0.1) is 10.1 Å². The number of amides is 1. The van der Waals surface area contributed by atoms with Gasteiger partial charge in [-0.1, -0.05) is 36.4 Å². The number of sulfone groups is 1. The predicted octanol–water partition coefficient (Wildman–Crippen LogP) is 3.12. The molecule has 0 radical (unpaired) electrons. The molecule has 0 saturated carbocycles. The van der Waals surface area contributed by atoms with Crippen molar-refractivity contribution in [3.05, 3.63) is 66.4 Å². The van der Waals surface area contributed by atoms with E-state index in [4.69, 9.17) is 4.42 Å².